The van der Waals surface area contributed by atoms with Crippen molar-refractivity contribution >= 4 is 11.6 Å². The highest BCUT2D eigenvalue weighted by molar-refractivity contribution is 5.96. The highest BCUT2D eigenvalue weighted by Gasteiger charge is 2.24. The average molecular weight is 324 g/mol. The molecular weight excluding hydrogens is 300 g/mol. The van der Waals surface area contributed by atoms with Crippen LogP contribution in [0.1, 0.15) is 31.7 Å². The van der Waals surface area contributed by atoms with Crippen molar-refractivity contribution in [2.45, 2.75) is 44.9 Å². The maximum absolute atomic E-state index is 12.5. The van der Waals surface area contributed by atoms with Crippen LogP contribution in [0.15, 0.2) is 54.6 Å². The van der Waals surface area contributed by atoms with E-state index in [0.717, 1.165) is 30.5 Å². The zero-order chi connectivity index (χ0) is 16.8. The summed E-state index contributed by atoms with van der Waals surface area (Å²) in [6.07, 6.45) is 3.09. The highest BCUT2D eigenvalue weighted by Crippen LogP contribution is 2.25. The maximum Gasteiger partial charge on any atom is 0.241 e. The third-order valence-corrected chi connectivity index (χ3v) is 4.31. The zero-order valence-electron chi connectivity index (χ0n) is 14.0. The van der Waals surface area contributed by atoms with E-state index < -0.39 is 0 Å². The first-order valence-corrected chi connectivity index (χ1v) is 8.55. The van der Waals surface area contributed by atoms with Crippen molar-refractivity contribution in [2.75, 3.05) is 5.32 Å². The Labute approximate surface area is 143 Å². The third kappa shape index (κ3) is 4.36. The predicted molar refractivity (Wildman–Crippen MR) is 96.1 cm³/mol. The van der Waals surface area contributed by atoms with Crippen LogP contribution in [0, 0.1) is 0 Å². The zero-order valence-corrected chi connectivity index (χ0v) is 14.0. The van der Waals surface area contributed by atoms with Crippen molar-refractivity contribution in [1.29, 1.82) is 0 Å². The first-order chi connectivity index (χ1) is 11.7. The number of para-hydroxylation sites is 2. The van der Waals surface area contributed by atoms with Crippen molar-refractivity contribution in [2.24, 2.45) is 0 Å². The molecule has 2 unspecified atom stereocenters. The number of benzene rings is 2. The molecule has 1 fully saturated rings. The Balaban J connectivity index is 1.64. The fourth-order valence-corrected chi connectivity index (χ4v) is 3.00. The quantitative estimate of drug-likeness (QED) is 0.881. The maximum atomic E-state index is 12.5. The van der Waals surface area contributed by atoms with E-state index in [0.29, 0.717) is 18.4 Å². The first-order valence-electron chi connectivity index (χ1n) is 8.55. The molecule has 0 saturated carbocycles. The normalized spacial score (nSPS) is 20.4. The molecule has 0 spiro atoms. The number of nitrogens with one attached hydrogen (secondary N) is 2. The Kier molecular flexibility index (Phi) is 5.49. The van der Waals surface area contributed by atoms with Crippen molar-refractivity contribution in [1.82, 2.24) is 5.32 Å². The smallest absolute Gasteiger partial charge is 0.241 e. The summed E-state index contributed by atoms with van der Waals surface area (Å²) in [7, 11) is 0. The van der Waals surface area contributed by atoms with Crippen LogP contribution in [-0.4, -0.2) is 18.0 Å². The van der Waals surface area contributed by atoms with Crippen LogP contribution >= 0.6 is 0 Å². The molecule has 1 saturated heterocycles. The van der Waals surface area contributed by atoms with Gasteiger partial charge in [-0.1, -0.05) is 42.5 Å². The molecule has 0 aromatic heterocycles. The molecule has 126 valence electrons. The topological polar surface area (TPSA) is 50.4 Å². The van der Waals surface area contributed by atoms with Crippen LogP contribution in [0.2, 0.25) is 0 Å². The minimum absolute atomic E-state index is 0.0114. The second-order valence-corrected chi connectivity index (χ2v) is 6.31. The van der Waals surface area contributed by atoms with Gasteiger partial charge in [-0.25, -0.2) is 0 Å². The minimum atomic E-state index is -0.129. The molecule has 0 bridgehead atoms. The number of hydrogen-bond donors (Lipinski definition) is 2. The van der Waals surface area contributed by atoms with Gasteiger partial charge in [0.05, 0.1) is 11.7 Å². The number of carbonyl (C=O) groups is 1. The second-order valence-electron chi connectivity index (χ2n) is 6.31. The van der Waals surface area contributed by atoms with Gasteiger partial charge in [0.2, 0.25) is 5.91 Å². The van der Waals surface area contributed by atoms with Gasteiger partial charge in [-0.15, -0.1) is 0 Å². The van der Waals surface area contributed by atoms with Crippen molar-refractivity contribution < 1.29 is 9.53 Å². The van der Waals surface area contributed by atoms with E-state index in [1.165, 1.54) is 0 Å². The standard InChI is InChI=1S/C20H24N2O2/c1-15-8-7-12-18(21-15)20(23)22-17-11-5-6-13-19(17)24-14-16-9-3-2-4-10-16/h2-6,9-11,13,15,18,21H,7-8,12,14H2,1H3,(H,22,23). The monoisotopic (exact) mass is 324 g/mol. The lowest BCUT2D eigenvalue weighted by Gasteiger charge is -2.28. The Morgan fingerprint density at radius 3 is 2.67 bits per heavy atom. The van der Waals surface area contributed by atoms with E-state index in [1.807, 2.05) is 54.6 Å². The van der Waals surface area contributed by atoms with Gasteiger partial charge in [-0.05, 0) is 43.9 Å². The van der Waals surface area contributed by atoms with Crippen LogP contribution in [0.25, 0.3) is 0 Å². The summed E-state index contributed by atoms with van der Waals surface area (Å²) in [6, 6.07) is 17.8. The summed E-state index contributed by atoms with van der Waals surface area (Å²) in [5.41, 5.74) is 1.82. The van der Waals surface area contributed by atoms with E-state index in [9.17, 15) is 4.79 Å². The fraction of sp³-hybridized carbons (Fsp3) is 0.350. The molecular formula is C20H24N2O2. The molecule has 24 heavy (non-hydrogen) atoms. The number of rotatable bonds is 5. The second kappa shape index (κ2) is 7.97. The van der Waals surface area contributed by atoms with Crippen LogP contribution in [0.3, 0.4) is 0 Å². The van der Waals surface area contributed by atoms with E-state index in [2.05, 4.69) is 17.6 Å². The summed E-state index contributed by atoms with van der Waals surface area (Å²) in [6.45, 7) is 2.60. The van der Waals surface area contributed by atoms with Gasteiger partial charge in [-0.3, -0.25) is 4.79 Å². The number of hydrogen-bond acceptors (Lipinski definition) is 3. The van der Waals surface area contributed by atoms with Gasteiger partial charge in [0.25, 0.3) is 0 Å². The molecule has 4 nitrogen and oxygen atoms in total. The van der Waals surface area contributed by atoms with Gasteiger partial charge in [0, 0.05) is 6.04 Å². The number of amides is 1. The number of anilines is 1. The van der Waals surface area contributed by atoms with Crippen LogP contribution in [-0.2, 0) is 11.4 Å². The van der Waals surface area contributed by atoms with Crippen molar-refractivity contribution in [3.63, 3.8) is 0 Å². The molecule has 1 aliphatic heterocycles. The molecule has 2 aromatic carbocycles. The van der Waals surface area contributed by atoms with E-state index >= 15 is 0 Å². The molecule has 2 aromatic rings. The minimum Gasteiger partial charge on any atom is -0.487 e. The molecule has 2 atom stereocenters. The number of piperidine rings is 1. The SMILES string of the molecule is CC1CCCC(C(=O)Nc2ccccc2OCc2ccccc2)N1. The lowest BCUT2D eigenvalue weighted by molar-refractivity contribution is -0.118. The Morgan fingerprint density at radius 1 is 1.12 bits per heavy atom. The summed E-state index contributed by atoms with van der Waals surface area (Å²) in [5, 5.41) is 6.37. The van der Waals surface area contributed by atoms with E-state index in [1.54, 1.807) is 0 Å². The summed E-state index contributed by atoms with van der Waals surface area (Å²) in [5.74, 6) is 0.705. The number of carbonyl (C=O) groups excluding carboxylic acids is 1. The summed E-state index contributed by atoms with van der Waals surface area (Å²) < 4.78 is 5.90. The molecule has 4 heteroatoms. The molecule has 0 aliphatic carbocycles. The average Bonchev–Trinajstić information content (AvgIpc) is 2.62. The lowest BCUT2D eigenvalue weighted by atomic mass is 9.99. The Hall–Kier alpha value is -2.33. The molecule has 1 amide bonds. The third-order valence-electron chi connectivity index (χ3n) is 4.31. The van der Waals surface area contributed by atoms with Crippen LogP contribution in [0.5, 0.6) is 5.75 Å². The molecule has 1 aliphatic rings. The highest BCUT2D eigenvalue weighted by atomic mass is 16.5. The van der Waals surface area contributed by atoms with Gasteiger partial charge in [0.15, 0.2) is 0 Å². The van der Waals surface area contributed by atoms with Crippen molar-refractivity contribution in [3.8, 4) is 5.75 Å². The lowest BCUT2D eigenvalue weighted by Crippen LogP contribution is -2.47. The summed E-state index contributed by atoms with van der Waals surface area (Å²) in [4.78, 5) is 12.5. The Morgan fingerprint density at radius 2 is 1.88 bits per heavy atom. The van der Waals surface area contributed by atoms with Gasteiger partial charge in [-0.2, -0.15) is 0 Å². The van der Waals surface area contributed by atoms with Crippen LogP contribution < -0.4 is 15.4 Å². The van der Waals surface area contributed by atoms with E-state index in [-0.39, 0.29) is 11.9 Å². The van der Waals surface area contributed by atoms with Gasteiger partial charge >= 0.3 is 0 Å². The number of ether oxygens (including phenoxy) is 1. The molecule has 0 radical (unpaired) electrons. The van der Waals surface area contributed by atoms with Gasteiger partial charge < -0.3 is 15.4 Å². The Bertz CT molecular complexity index is 672. The first kappa shape index (κ1) is 16.5. The molecule has 2 N–H and O–H groups in total. The fourth-order valence-electron chi connectivity index (χ4n) is 3.00. The van der Waals surface area contributed by atoms with Crippen LogP contribution in [0.4, 0.5) is 5.69 Å². The largest absolute Gasteiger partial charge is 0.487 e. The summed E-state index contributed by atoms with van der Waals surface area (Å²) >= 11 is 0. The van der Waals surface area contributed by atoms with E-state index in [4.69, 9.17) is 4.74 Å². The molecule has 3 rings (SSSR count). The van der Waals surface area contributed by atoms with Crippen molar-refractivity contribution in [3.05, 3.63) is 60.2 Å². The predicted octanol–water partition coefficient (Wildman–Crippen LogP) is 3.73. The van der Waals surface area contributed by atoms with Gasteiger partial charge in [0.1, 0.15) is 12.4 Å². The molecule has 1 heterocycles.